The average Bonchev–Trinajstić information content (AvgIpc) is 3.59. The van der Waals surface area contributed by atoms with Gasteiger partial charge in [-0.3, -0.25) is 0 Å². The zero-order valence-electron chi connectivity index (χ0n) is 17.0. The Kier molecular flexibility index (Phi) is 6.30. The number of halogens is 4. The quantitative estimate of drug-likeness (QED) is 0.274. The van der Waals surface area contributed by atoms with Gasteiger partial charge in [0.25, 0.3) is 0 Å². The molecule has 32 heavy (non-hydrogen) atoms. The van der Waals surface area contributed by atoms with Gasteiger partial charge in [-0.25, -0.2) is 4.39 Å². The van der Waals surface area contributed by atoms with Gasteiger partial charge in [0.2, 0.25) is 0 Å². The van der Waals surface area contributed by atoms with Crippen LogP contribution in [0.3, 0.4) is 0 Å². The number of hydrogen-bond acceptors (Lipinski definition) is 2. The topological polar surface area (TPSA) is 18.5 Å². The van der Waals surface area contributed by atoms with Gasteiger partial charge in [-0.05, 0) is 71.9 Å². The van der Waals surface area contributed by atoms with E-state index in [-0.39, 0.29) is 11.5 Å². The van der Waals surface area contributed by atoms with E-state index in [9.17, 15) is 17.6 Å². The molecule has 3 aromatic rings. The fraction of sp³-hybridized carbons (Fsp3) is 0.154. The molecule has 0 heterocycles. The summed E-state index contributed by atoms with van der Waals surface area (Å²) in [6.07, 6.45) is 2.99. The van der Waals surface area contributed by atoms with Crippen molar-refractivity contribution < 1.29 is 27.0 Å². The van der Waals surface area contributed by atoms with Gasteiger partial charge in [-0.1, -0.05) is 54.6 Å². The molecule has 3 aromatic carbocycles. The highest BCUT2D eigenvalue weighted by atomic mass is 19.4. The SMILES string of the molecule is Fc1ccc(/C=C\C=C(/c2ccc(OC(F)(F)F)cc2)C2CC2)cc1Oc1ccccc1. The molecular formula is C26H20F4O2. The number of benzene rings is 3. The zero-order chi connectivity index (χ0) is 22.6. The Morgan fingerprint density at radius 3 is 2.25 bits per heavy atom. The van der Waals surface area contributed by atoms with E-state index in [4.69, 9.17) is 4.74 Å². The third kappa shape index (κ3) is 6.00. The summed E-state index contributed by atoms with van der Waals surface area (Å²) in [5.74, 6) is 0.344. The van der Waals surface area contributed by atoms with Gasteiger partial charge in [0.05, 0.1) is 0 Å². The molecule has 1 saturated carbocycles. The summed E-state index contributed by atoms with van der Waals surface area (Å²) in [7, 11) is 0. The third-order valence-electron chi connectivity index (χ3n) is 4.93. The van der Waals surface area contributed by atoms with Crippen LogP contribution in [0.25, 0.3) is 11.6 Å². The number of alkyl halides is 3. The summed E-state index contributed by atoms with van der Waals surface area (Å²) in [6.45, 7) is 0. The first-order valence-corrected chi connectivity index (χ1v) is 10.1. The summed E-state index contributed by atoms with van der Waals surface area (Å²) in [4.78, 5) is 0. The van der Waals surface area contributed by atoms with E-state index >= 15 is 0 Å². The van der Waals surface area contributed by atoms with E-state index in [1.165, 1.54) is 18.2 Å². The van der Waals surface area contributed by atoms with Crippen molar-refractivity contribution in [3.63, 3.8) is 0 Å². The van der Waals surface area contributed by atoms with Crippen LogP contribution in [0.5, 0.6) is 17.2 Å². The normalized spacial score (nSPS) is 14.6. The molecule has 0 aliphatic heterocycles. The maximum atomic E-state index is 14.1. The maximum Gasteiger partial charge on any atom is 0.573 e. The number of rotatable bonds is 7. The third-order valence-corrected chi connectivity index (χ3v) is 4.93. The number of para-hydroxylation sites is 1. The molecule has 0 unspecified atom stereocenters. The number of allylic oxidation sites excluding steroid dienone is 3. The van der Waals surface area contributed by atoms with E-state index in [2.05, 4.69) is 4.74 Å². The Balaban J connectivity index is 1.50. The summed E-state index contributed by atoms with van der Waals surface area (Å²) in [6, 6.07) is 19.5. The van der Waals surface area contributed by atoms with E-state index < -0.39 is 12.2 Å². The fourth-order valence-corrected chi connectivity index (χ4v) is 3.29. The van der Waals surface area contributed by atoms with Crippen molar-refractivity contribution in [3.8, 4) is 17.2 Å². The lowest BCUT2D eigenvalue weighted by atomic mass is 10.0. The highest BCUT2D eigenvalue weighted by molar-refractivity contribution is 5.72. The second kappa shape index (κ2) is 9.30. The molecule has 1 aliphatic rings. The minimum atomic E-state index is -4.71. The molecule has 0 saturated heterocycles. The van der Waals surface area contributed by atoms with Gasteiger partial charge in [0, 0.05) is 0 Å². The molecule has 0 bridgehead atoms. The van der Waals surface area contributed by atoms with Crippen LogP contribution in [0.1, 0.15) is 24.0 Å². The van der Waals surface area contributed by atoms with Crippen molar-refractivity contribution in [1.82, 2.24) is 0 Å². The second-order valence-electron chi connectivity index (χ2n) is 7.43. The molecule has 0 aromatic heterocycles. The Labute approximate surface area is 183 Å². The second-order valence-corrected chi connectivity index (χ2v) is 7.43. The predicted octanol–water partition coefficient (Wildman–Crippen LogP) is 8.02. The van der Waals surface area contributed by atoms with Gasteiger partial charge in [-0.15, -0.1) is 13.2 Å². The smallest absolute Gasteiger partial charge is 0.454 e. The number of ether oxygens (including phenoxy) is 2. The van der Waals surface area contributed by atoms with E-state index in [0.717, 1.165) is 29.5 Å². The first kappa shape index (κ1) is 21.7. The van der Waals surface area contributed by atoms with Crippen molar-refractivity contribution in [2.24, 2.45) is 5.92 Å². The van der Waals surface area contributed by atoms with Gasteiger partial charge in [-0.2, -0.15) is 0 Å². The minimum absolute atomic E-state index is 0.130. The van der Waals surface area contributed by atoms with Crippen molar-refractivity contribution in [1.29, 1.82) is 0 Å². The van der Waals surface area contributed by atoms with E-state index in [0.29, 0.717) is 11.7 Å². The molecular weight excluding hydrogens is 420 g/mol. The van der Waals surface area contributed by atoms with E-state index in [1.807, 2.05) is 36.4 Å². The lowest BCUT2D eigenvalue weighted by Crippen LogP contribution is -2.17. The summed E-state index contributed by atoms with van der Waals surface area (Å²) >= 11 is 0. The minimum Gasteiger partial charge on any atom is -0.454 e. The van der Waals surface area contributed by atoms with Gasteiger partial charge < -0.3 is 9.47 Å². The van der Waals surface area contributed by atoms with Crippen molar-refractivity contribution in [3.05, 3.63) is 102 Å². The lowest BCUT2D eigenvalue weighted by Gasteiger charge is -2.10. The van der Waals surface area contributed by atoms with Crippen LogP contribution in [-0.2, 0) is 0 Å². The molecule has 0 spiro atoms. The molecule has 0 radical (unpaired) electrons. The Hall–Kier alpha value is -3.54. The Bertz CT molecular complexity index is 1110. The molecule has 0 atom stereocenters. The van der Waals surface area contributed by atoms with Crippen LogP contribution in [0.2, 0.25) is 0 Å². The fourth-order valence-electron chi connectivity index (χ4n) is 3.29. The maximum absolute atomic E-state index is 14.1. The van der Waals surface area contributed by atoms with Crippen LogP contribution < -0.4 is 9.47 Å². The molecule has 2 nitrogen and oxygen atoms in total. The highest BCUT2D eigenvalue weighted by Gasteiger charge is 2.31. The van der Waals surface area contributed by atoms with Crippen LogP contribution in [0.15, 0.2) is 84.9 Å². The van der Waals surface area contributed by atoms with Gasteiger partial charge in [0.15, 0.2) is 11.6 Å². The molecule has 4 rings (SSSR count). The Morgan fingerprint density at radius 1 is 0.875 bits per heavy atom. The standard InChI is InChI=1S/C26H20F4O2/c27-24-16-9-18(17-25(24)31-21-6-2-1-3-7-21)5-4-8-23(19-10-11-19)20-12-14-22(15-13-20)32-26(28,29)30/h1-9,12-17,19H,10-11H2/b5-4-,23-8-. The Morgan fingerprint density at radius 2 is 1.59 bits per heavy atom. The monoisotopic (exact) mass is 440 g/mol. The molecule has 1 aliphatic carbocycles. The van der Waals surface area contributed by atoms with Crippen LogP contribution >= 0.6 is 0 Å². The van der Waals surface area contributed by atoms with Crippen molar-refractivity contribution in [2.45, 2.75) is 19.2 Å². The van der Waals surface area contributed by atoms with Crippen LogP contribution in [0.4, 0.5) is 17.6 Å². The molecule has 0 N–H and O–H groups in total. The molecule has 0 amide bonds. The van der Waals surface area contributed by atoms with Crippen molar-refractivity contribution >= 4 is 11.6 Å². The lowest BCUT2D eigenvalue weighted by molar-refractivity contribution is -0.274. The highest BCUT2D eigenvalue weighted by Crippen LogP contribution is 2.42. The largest absolute Gasteiger partial charge is 0.573 e. The van der Waals surface area contributed by atoms with E-state index in [1.54, 1.807) is 36.4 Å². The average molecular weight is 440 g/mol. The summed E-state index contributed by atoms with van der Waals surface area (Å²) in [5.41, 5.74) is 2.65. The summed E-state index contributed by atoms with van der Waals surface area (Å²) < 4.78 is 60.8. The molecule has 6 heteroatoms. The first-order chi connectivity index (χ1) is 15.4. The molecule has 1 fully saturated rings. The van der Waals surface area contributed by atoms with Crippen molar-refractivity contribution in [2.75, 3.05) is 0 Å². The van der Waals surface area contributed by atoms with Gasteiger partial charge in [0.1, 0.15) is 11.5 Å². The summed E-state index contributed by atoms with van der Waals surface area (Å²) in [5, 5.41) is 0. The van der Waals surface area contributed by atoms with Crippen LogP contribution in [-0.4, -0.2) is 6.36 Å². The van der Waals surface area contributed by atoms with Crippen LogP contribution in [0, 0.1) is 11.7 Å². The number of hydrogen-bond donors (Lipinski definition) is 0. The predicted molar refractivity (Wildman–Crippen MR) is 116 cm³/mol. The first-order valence-electron chi connectivity index (χ1n) is 10.1. The van der Waals surface area contributed by atoms with Gasteiger partial charge >= 0.3 is 6.36 Å². The molecule has 164 valence electrons. The zero-order valence-corrected chi connectivity index (χ0v) is 17.0.